The van der Waals surface area contributed by atoms with Gasteiger partial charge in [-0.2, -0.15) is 0 Å². The predicted octanol–water partition coefficient (Wildman–Crippen LogP) is 3.09. The van der Waals surface area contributed by atoms with E-state index in [1.807, 2.05) is 42.5 Å². The molecule has 2 aromatic rings. The molecule has 4 rings (SSSR count). The van der Waals surface area contributed by atoms with Gasteiger partial charge in [-0.25, -0.2) is 0 Å². The maximum atomic E-state index is 12.4. The van der Waals surface area contributed by atoms with Crippen molar-refractivity contribution >= 4 is 23.4 Å². The number of unbranched alkanes of at least 4 members (excludes halogenated alkanes) is 1. The van der Waals surface area contributed by atoms with Crippen LogP contribution in [0.25, 0.3) is 6.08 Å². The van der Waals surface area contributed by atoms with Gasteiger partial charge in [-0.05, 0) is 43.7 Å². The zero-order chi connectivity index (χ0) is 22.3. The smallest absolute Gasteiger partial charge is 0.269 e. The Hall–Kier alpha value is -3.39. The number of rotatable bonds is 8. The molecule has 0 spiro atoms. The SMILES string of the molecule is O=C(NCCCCN1CCN(c2ccc([N+](=O)[O-])cc2)CC1)C1=Cc2ccccc2OC1. The van der Waals surface area contributed by atoms with E-state index in [1.54, 1.807) is 12.1 Å². The highest BCUT2D eigenvalue weighted by Crippen LogP contribution is 2.25. The van der Waals surface area contributed by atoms with Crippen LogP contribution >= 0.6 is 0 Å². The number of carbonyl (C=O) groups excluding carboxylic acids is 1. The number of nitro groups is 1. The molecule has 1 N–H and O–H groups in total. The minimum absolute atomic E-state index is 0.0591. The normalized spacial score (nSPS) is 16.0. The molecule has 0 atom stereocenters. The lowest BCUT2D eigenvalue weighted by Gasteiger charge is -2.36. The van der Waals surface area contributed by atoms with Crippen LogP contribution in [0.5, 0.6) is 5.75 Å². The lowest BCUT2D eigenvalue weighted by Crippen LogP contribution is -2.46. The summed E-state index contributed by atoms with van der Waals surface area (Å²) < 4.78 is 5.65. The molecule has 8 nitrogen and oxygen atoms in total. The number of amides is 1. The van der Waals surface area contributed by atoms with E-state index < -0.39 is 0 Å². The Morgan fingerprint density at radius 3 is 2.53 bits per heavy atom. The van der Waals surface area contributed by atoms with Crippen molar-refractivity contribution < 1.29 is 14.5 Å². The van der Waals surface area contributed by atoms with Crippen LogP contribution in [0.1, 0.15) is 18.4 Å². The Morgan fingerprint density at radius 2 is 1.78 bits per heavy atom. The molecule has 0 saturated carbocycles. The molecule has 0 unspecified atom stereocenters. The zero-order valence-electron chi connectivity index (χ0n) is 18.0. The molecular formula is C24H28N4O4. The highest BCUT2D eigenvalue weighted by Gasteiger charge is 2.18. The van der Waals surface area contributed by atoms with Gasteiger partial charge >= 0.3 is 0 Å². The Labute approximate surface area is 187 Å². The molecule has 2 heterocycles. The highest BCUT2D eigenvalue weighted by atomic mass is 16.6. The number of para-hydroxylation sites is 1. The maximum Gasteiger partial charge on any atom is 0.269 e. The summed E-state index contributed by atoms with van der Waals surface area (Å²) >= 11 is 0. The molecule has 8 heteroatoms. The third kappa shape index (κ3) is 5.45. The van der Waals surface area contributed by atoms with Crippen molar-refractivity contribution in [3.8, 4) is 5.75 Å². The number of fused-ring (bicyclic) bond motifs is 1. The van der Waals surface area contributed by atoms with Crippen LogP contribution in [0.15, 0.2) is 54.1 Å². The molecule has 1 saturated heterocycles. The number of hydrogen-bond donors (Lipinski definition) is 1. The van der Waals surface area contributed by atoms with Crippen molar-refractivity contribution in [3.05, 3.63) is 69.8 Å². The third-order valence-electron chi connectivity index (χ3n) is 5.91. The molecule has 1 fully saturated rings. The highest BCUT2D eigenvalue weighted by molar-refractivity contribution is 5.99. The lowest BCUT2D eigenvalue weighted by atomic mass is 10.1. The summed E-state index contributed by atoms with van der Waals surface area (Å²) in [6.45, 7) is 5.71. The van der Waals surface area contributed by atoms with Crippen LogP contribution in [-0.2, 0) is 4.79 Å². The fourth-order valence-electron chi connectivity index (χ4n) is 4.04. The first-order valence-electron chi connectivity index (χ1n) is 11.0. The average molecular weight is 437 g/mol. The van der Waals surface area contributed by atoms with E-state index >= 15 is 0 Å². The molecule has 0 aliphatic carbocycles. The minimum Gasteiger partial charge on any atom is -0.488 e. The summed E-state index contributed by atoms with van der Waals surface area (Å²) in [6.07, 6.45) is 3.85. The topological polar surface area (TPSA) is 88.0 Å². The summed E-state index contributed by atoms with van der Waals surface area (Å²) in [6, 6.07) is 14.5. The summed E-state index contributed by atoms with van der Waals surface area (Å²) in [5.41, 5.74) is 2.75. The van der Waals surface area contributed by atoms with Gasteiger partial charge in [-0.3, -0.25) is 19.8 Å². The Kier molecular flexibility index (Phi) is 7.01. The van der Waals surface area contributed by atoms with Gasteiger partial charge in [-0.15, -0.1) is 0 Å². The summed E-state index contributed by atoms with van der Waals surface area (Å²) in [5, 5.41) is 13.8. The largest absolute Gasteiger partial charge is 0.488 e. The summed E-state index contributed by atoms with van der Waals surface area (Å²) in [4.78, 5) is 27.5. The molecule has 2 aliphatic rings. The van der Waals surface area contributed by atoms with E-state index in [2.05, 4.69) is 15.1 Å². The van der Waals surface area contributed by atoms with E-state index in [1.165, 1.54) is 0 Å². The predicted molar refractivity (Wildman–Crippen MR) is 124 cm³/mol. The molecule has 0 radical (unpaired) electrons. The fraction of sp³-hybridized carbons (Fsp3) is 0.375. The number of ether oxygens (including phenoxy) is 1. The van der Waals surface area contributed by atoms with Crippen molar-refractivity contribution in [3.63, 3.8) is 0 Å². The number of nitro benzene ring substituents is 1. The standard InChI is InChI=1S/C24H28N4O4/c29-24(20-17-19-5-1-2-6-23(19)32-18-20)25-11-3-4-12-26-13-15-27(16-14-26)21-7-9-22(10-8-21)28(30)31/h1-2,5-10,17H,3-4,11-16,18H2,(H,25,29). The Bertz CT molecular complexity index is 982. The molecule has 2 aliphatic heterocycles. The number of hydrogen-bond acceptors (Lipinski definition) is 6. The Morgan fingerprint density at radius 1 is 1.03 bits per heavy atom. The molecule has 168 valence electrons. The zero-order valence-corrected chi connectivity index (χ0v) is 18.0. The van der Waals surface area contributed by atoms with Gasteiger partial charge in [0.15, 0.2) is 0 Å². The Balaban J connectivity index is 1.13. The van der Waals surface area contributed by atoms with Gasteiger partial charge in [0.2, 0.25) is 0 Å². The van der Waals surface area contributed by atoms with E-state index in [0.29, 0.717) is 18.7 Å². The third-order valence-corrected chi connectivity index (χ3v) is 5.91. The maximum absolute atomic E-state index is 12.4. The van der Waals surface area contributed by atoms with Crippen LogP contribution in [0, 0.1) is 10.1 Å². The first-order chi connectivity index (χ1) is 15.6. The molecule has 2 aromatic carbocycles. The number of non-ortho nitro benzene ring substituents is 1. The van der Waals surface area contributed by atoms with Crippen LogP contribution < -0.4 is 15.0 Å². The van der Waals surface area contributed by atoms with Gasteiger partial charge < -0.3 is 15.0 Å². The van der Waals surface area contributed by atoms with Gasteiger partial charge in [0.05, 0.1) is 10.5 Å². The molecule has 0 aromatic heterocycles. The van der Waals surface area contributed by atoms with Crippen molar-refractivity contribution in [1.29, 1.82) is 0 Å². The first kappa shape index (κ1) is 21.8. The van der Waals surface area contributed by atoms with E-state index in [-0.39, 0.29) is 16.5 Å². The molecule has 32 heavy (non-hydrogen) atoms. The number of nitrogens with one attached hydrogen (secondary N) is 1. The lowest BCUT2D eigenvalue weighted by molar-refractivity contribution is -0.384. The van der Waals surface area contributed by atoms with E-state index in [0.717, 1.165) is 62.6 Å². The molecule has 0 bridgehead atoms. The van der Waals surface area contributed by atoms with Crippen molar-refractivity contribution in [2.75, 3.05) is 50.8 Å². The van der Waals surface area contributed by atoms with Crippen molar-refractivity contribution in [2.24, 2.45) is 0 Å². The first-order valence-corrected chi connectivity index (χ1v) is 11.0. The second-order valence-electron chi connectivity index (χ2n) is 8.06. The monoisotopic (exact) mass is 436 g/mol. The van der Waals surface area contributed by atoms with Crippen LogP contribution in [-0.4, -0.2) is 61.6 Å². The van der Waals surface area contributed by atoms with E-state index in [9.17, 15) is 14.9 Å². The molecular weight excluding hydrogens is 408 g/mol. The molecule has 1 amide bonds. The van der Waals surface area contributed by atoms with Gasteiger partial charge in [0.1, 0.15) is 12.4 Å². The second kappa shape index (κ2) is 10.3. The van der Waals surface area contributed by atoms with Crippen molar-refractivity contribution in [1.82, 2.24) is 10.2 Å². The van der Waals surface area contributed by atoms with Crippen molar-refractivity contribution in [2.45, 2.75) is 12.8 Å². The number of benzene rings is 2. The fourth-order valence-corrected chi connectivity index (χ4v) is 4.04. The number of carbonyl (C=O) groups is 1. The number of nitrogens with zero attached hydrogens (tertiary/aromatic N) is 3. The second-order valence-corrected chi connectivity index (χ2v) is 8.06. The quantitative estimate of drug-likeness (QED) is 0.389. The van der Waals surface area contributed by atoms with Gasteiger partial charge in [0.25, 0.3) is 11.6 Å². The number of anilines is 1. The van der Waals surface area contributed by atoms with E-state index in [4.69, 9.17) is 4.74 Å². The average Bonchev–Trinajstić information content (AvgIpc) is 2.84. The van der Waals surface area contributed by atoms with Gasteiger partial charge in [0, 0.05) is 56.1 Å². The number of piperazine rings is 1. The van der Waals surface area contributed by atoms with Crippen LogP contribution in [0.2, 0.25) is 0 Å². The minimum atomic E-state index is -0.372. The van der Waals surface area contributed by atoms with Crippen LogP contribution in [0.4, 0.5) is 11.4 Å². The van der Waals surface area contributed by atoms with Gasteiger partial charge in [-0.1, -0.05) is 18.2 Å². The summed E-state index contributed by atoms with van der Waals surface area (Å²) in [5.74, 6) is 0.758. The van der Waals surface area contributed by atoms with Crippen LogP contribution in [0.3, 0.4) is 0 Å². The summed E-state index contributed by atoms with van der Waals surface area (Å²) in [7, 11) is 0.